The van der Waals surface area contributed by atoms with Crippen LogP contribution in [0.3, 0.4) is 0 Å². The standard InChI is InChI=1S/C20H24N4O2/c1-23-16(10-15-4-2-3-5-18(15)23)11-20(26)22-17-8-14(9-19(17)25)12-24-7-6-21-13-24/h2-7,10,13-14,17,19,25H,8-9,11-12H2,1H3,(H,22,26)/t14?,17-,19-/m1/s1. The number of aromatic nitrogens is 3. The first-order chi connectivity index (χ1) is 12.6. The minimum atomic E-state index is -0.486. The molecule has 4 rings (SSSR count). The van der Waals surface area contributed by atoms with Gasteiger partial charge in [0, 0.05) is 37.2 Å². The largest absolute Gasteiger partial charge is 0.391 e. The molecule has 1 aromatic carbocycles. The molecule has 0 aliphatic heterocycles. The van der Waals surface area contributed by atoms with Gasteiger partial charge >= 0.3 is 0 Å². The van der Waals surface area contributed by atoms with E-state index in [1.807, 2.05) is 29.9 Å². The van der Waals surface area contributed by atoms with E-state index < -0.39 is 6.10 Å². The number of amides is 1. The molecule has 0 saturated heterocycles. The van der Waals surface area contributed by atoms with E-state index in [2.05, 4.69) is 33.1 Å². The molecule has 1 aliphatic carbocycles. The van der Waals surface area contributed by atoms with E-state index in [1.54, 1.807) is 12.5 Å². The second-order valence-corrected chi connectivity index (χ2v) is 7.27. The number of aliphatic hydroxyl groups is 1. The van der Waals surface area contributed by atoms with Crippen molar-refractivity contribution in [3.05, 3.63) is 54.7 Å². The van der Waals surface area contributed by atoms with E-state index >= 15 is 0 Å². The number of nitrogens with zero attached hydrogens (tertiary/aromatic N) is 3. The SMILES string of the molecule is Cn1c(CC(=O)N[C@@H]2CC(Cn3ccnc3)C[C@H]2O)cc2ccccc21. The lowest BCUT2D eigenvalue weighted by Crippen LogP contribution is -2.40. The molecule has 3 aromatic rings. The Labute approximate surface area is 152 Å². The van der Waals surface area contributed by atoms with Crippen LogP contribution in [0.5, 0.6) is 0 Å². The summed E-state index contributed by atoms with van der Waals surface area (Å²) in [5.74, 6) is 0.311. The molecular formula is C20H24N4O2. The summed E-state index contributed by atoms with van der Waals surface area (Å²) in [4.78, 5) is 16.6. The number of hydrogen-bond acceptors (Lipinski definition) is 3. The van der Waals surface area contributed by atoms with Gasteiger partial charge in [-0.2, -0.15) is 0 Å². The summed E-state index contributed by atoms with van der Waals surface area (Å²) >= 11 is 0. The molecule has 1 aliphatic rings. The average Bonchev–Trinajstić information content (AvgIpc) is 3.31. The quantitative estimate of drug-likeness (QED) is 0.736. The van der Waals surface area contributed by atoms with E-state index in [9.17, 15) is 9.90 Å². The third-order valence-corrected chi connectivity index (χ3v) is 5.39. The van der Waals surface area contributed by atoms with Gasteiger partial charge in [0.15, 0.2) is 0 Å². The Morgan fingerprint density at radius 2 is 2.19 bits per heavy atom. The smallest absolute Gasteiger partial charge is 0.226 e. The van der Waals surface area contributed by atoms with Gasteiger partial charge in [-0.3, -0.25) is 4.79 Å². The molecular weight excluding hydrogens is 328 g/mol. The van der Waals surface area contributed by atoms with Crippen molar-refractivity contribution in [1.82, 2.24) is 19.4 Å². The van der Waals surface area contributed by atoms with Crippen molar-refractivity contribution in [3.8, 4) is 0 Å². The van der Waals surface area contributed by atoms with Crippen LogP contribution in [0, 0.1) is 5.92 Å². The van der Waals surface area contributed by atoms with Crippen LogP contribution in [0.15, 0.2) is 49.1 Å². The summed E-state index contributed by atoms with van der Waals surface area (Å²) in [5.41, 5.74) is 2.10. The van der Waals surface area contributed by atoms with Crippen molar-refractivity contribution in [3.63, 3.8) is 0 Å². The number of fused-ring (bicyclic) bond motifs is 1. The maximum Gasteiger partial charge on any atom is 0.226 e. The van der Waals surface area contributed by atoms with Gasteiger partial charge in [0.05, 0.1) is 24.9 Å². The minimum Gasteiger partial charge on any atom is -0.391 e. The number of imidazole rings is 1. The molecule has 6 nitrogen and oxygen atoms in total. The van der Waals surface area contributed by atoms with Gasteiger partial charge in [0.2, 0.25) is 5.91 Å². The monoisotopic (exact) mass is 352 g/mol. The van der Waals surface area contributed by atoms with Gasteiger partial charge in [-0.1, -0.05) is 18.2 Å². The van der Waals surface area contributed by atoms with Crippen molar-refractivity contribution in [2.75, 3.05) is 0 Å². The first kappa shape index (κ1) is 16.8. The van der Waals surface area contributed by atoms with Gasteiger partial charge in [-0.15, -0.1) is 0 Å². The highest BCUT2D eigenvalue weighted by atomic mass is 16.3. The van der Waals surface area contributed by atoms with Crippen molar-refractivity contribution < 1.29 is 9.90 Å². The fourth-order valence-electron chi connectivity index (χ4n) is 4.05. The van der Waals surface area contributed by atoms with Crippen LogP contribution in [0.4, 0.5) is 0 Å². The minimum absolute atomic E-state index is 0.0387. The molecule has 3 atom stereocenters. The molecule has 0 radical (unpaired) electrons. The van der Waals surface area contributed by atoms with E-state index in [1.165, 1.54) is 0 Å². The number of rotatable bonds is 5. The van der Waals surface area contributed by atoms with Crippen LogP contribution >= 0.6 is 0 Å². The molecule has 26 heavy (non-hydrogen) atoms. The van der Waals surface area contributed by atoms with Crippen LogP contribution in [-0.2, 0) is 24.8 Å². The van der Waals surface area contributed by atoms with E-state index in [4.69, 9.17) is 0 Å². The Kier molecular flexibility index (Phi) is 4.51. The maximum atomic E-state index is 12.5. The zero-order valence-corrected chi connectivity index (χ0v) is 14.9. The summed E-state index contributed by atoms with van der Waals surface area (Å²) in [7, 11) is 1.98. The molecule has 1 amide bonds. The molecule has 2 heterocycles. The zero-order chi connectivity index (χ0) is 18.1. The maximum absolute atomic E-state index is 12.5. The van der Waals surface area contributed by atoms with Crippen molar-refractivity contribution >= 4 is 16.8 Å². The number of carbonyl (C=O) groups is 1. The lowest BCUT2D eigenvalue weighted by atomic mass is 10.1. The number of aliphatic hydroxyl groups excluding tert-OH is 1. The molecule has 2 aromatic heterocycles. The van der Waals surface area contributed by atoms with E-state index in [-0.39, 0.29) is 11.9 Å². The fraction of sp³-hybridized carbons (Fsp3) is 0.400. The highest BCUT2D eigenvalue weighted by molar-refractivity contribution is 5.84. The number of benzene rings is 1. The molecule has 2 N–H and O–H groups in total. The molecule has 1 saturated carbocycles. The molecule has 0 spiro atoms. The molecule has 0 bridgehead atoms. The number of carbonyl (C=O) groups excluding carboxylic acids is 1. The van der Waals surface area contributed by atoms with Gasteiger partial charge in [-0.05, 0) is 36.3 Å². The first-order valence-corrected chi connectivity index (χ1v) is 9.06. The third kappa shape index (κ3) is 3.37. The number of aryl methyl sites for hydroxylation is 1. The van der Waals surface area contributed by atoms with Crippen LogP contribution in [0.25, 0.3) is 10.9 Å². The Bertz CT molecular complexity index is 900. The lowest BCUT2D eigenvalue weighted by Gasteiger charge is -2.16. The van der Waals surface area contributed by atoms with Gasteiger partial charge in [0.25, 0.3) is 0 Å². The predicted octanol–water partition coefficient (Wildman–Crippen LogP) is 1.87. The Morgan fingerprint density at radius 1 is 1.35 bits per heavy atom. The van der Waals surface area contributed by atoms with Crippen LogP contribution < -0.4 is 5.32 Å². The predicted molar refractivity (Wildman–Crippen MR) is 99.5 cm³/mol. The summed E-state index contributed by atoms with van der Waals surface area (Å²) in [5, 5.41) is 14.5. The fourth-order valence-corrected chi connectivity index (χ4v) is 4.05. The Balaban J connectivity index is 1.37. The summed E-state index contributed by atoms with van der Waals surface area (Å²) in [6.07, 6.45) is 6.81. The van der Waals surface area contributed by atoms with Crippen molar-refractivity contribution in [2.45, 2.75) is 38.0 Å². The third-order valence-electron chi connectivity index (χ3n) is 5.39. The normalized spacial score (nSPS) is 22.8. The highest BCUT2D eigenvalue weighted by Crippen LogP contribution is 2.28. The van der Waals surface area contributed by atoms with Crippen molar-refractivity contribution in [2.24, 2.45) is 13.0 Å². The molecule has 1 unspecified atom stereocenters. The summed E-state index contributed by atoms with van der Waals surface area (Å²) in [6.45, 7) is 0.826. The number of para-hydroxylation sites is 1. The molecule has 136 valence electrons. The number of hydrogen-bond donors (Lipinski definition) is 2. The average molecular weight is 352 g/mol. The van der Waals surface area contributed by atoms with Gasteiger partial charge in [0.1, 0.15) is 0 Å². The van der Waals surface area contributed by atoms with E-state index in [0.717, 1.165) is 29.6 Å². The first-order valence-electron chi connectivity index (χ1n) is 9.06. The van der Waals surface area contributed by atoms with Gasteiger partial charge in [-0.25, -0.2) is 4.98 Å². The summed E-state index contributed by atoms with van der Waals surface area (Å²) in [6, 6.07) is 9.99. The van der Waals surface area contributed by atoms with Crippen LogP contribution in [0.1, 0.15) is 18.5 Å². The number of nitrogens with one attached hydrogen (secondary N) is 1. The summed E-state index contributed by atoms with van der Waals surface area (Å²) < 4.78 is 4.08. The Hall–Kier alpha value is -2.60. The van der Waals surface area contributed by atoms with Crippen molar-refractivity contribution in [1.29, 1.82) is 0 Å². The second-order valence-electron chi connectivity index (χ2n) is 7.27. The topological polar surface area (TPSA) is 72.1 Å². The highest BCUT2D eigenvalue weighted by Gasteiger charge is 2.34. The van der Waals surface area contributed by atoms with E-state index in [0.29, 0.717) is 18.8 Å². The zero-order valence-electron chi connectivity index (χ0n) is 14.9. The Morgan fingerprint density at radius 3 is 2.96 bits per heavy atom. The second kappa shape index (κ2) is 6.96. The molecule has 1 fully saturated rings. The lowest BCUT2D eigenvalue weighted by molar-refractivity contribution is -0.121. The van der Waals surface area contributed by atoms with Gasteiger partial charge < -0.3 is 19.6 Å². The van der Waals surface area contributed by atoms with Crippen LogP contribution in [0.2, 0.25) is 0 Å². The van der Waals surface area contributed by atoms with Crippen LogP contribution in [-0.4, -0.2) is 37.3 Å². The molecule has 6 heteroatoms.